The van der Waals surface area contributed by atoms with Gasteiger partial charge in [0.2, 0.25) is 0 Å². The third-order valence-corrected chi connectivity index (χ3v) is 13.6. The van der Waals surface area contributed by atoms with Gasteiger partial charge in [-0.15, -0.1) is 0 Å². The largest absolute Gasteiger partial charge is 0.289 e. The highest BCUT2D eigenvalue weighted by Crippen LogP contribution is 2.53. The predicted molar refractivity (Wildman–Crippen MR) is 246 cm³/mol. The molecule has 0 bridgehead atoms. The van der Waals surface area contributed by atoms with Crippen LogP contribution in [0.25, 0.3) is 0 Å². The summed E-state index contributed by atoms with van der Waals surface area (Å²) in [5.74, 6) is -0.414. The normalized spacial score (nSPS) is 20.4. The molecule has 2 fully saturated rings. The zero-order chi connectivity index (χ0) is 41.7. The van der Waals surface area contributed by atoms with Crippen molar-refractivity contribution < 1.29 is 18.4 Å². The molecule has 0 amide bonds. The van der Waals surface area contributed by atoms with Crippen LogP contribution in [0.2, 0.25) is 0 Å². The van der Waals surface area contributed by atoms with E-state index in [1.54, 1.807) is 0 Å². The highest BCUT2D eigenvalue weighted by atomic mass is 16.8. The minimum atomic E-state index is -0.792. The van der Waals surface area contributed by atoms with Crippen LogP contribution in [0.15, 0.2) is 158 Å². The molecule has 60 heavy (non-hydrogen) atoms. The molecule has 1 aliphatic carbocycles. The quantitative estimate of drug-likeness (QED) is 0.102. The molecular formula is C56H66N2O2+2. The van der Waals surface area contributed by atoms with E-state index in [4.69, 9.17) is 9.47 Å². The third kappa shape index (κ3) is 9.54. The summed E-state index contributed by atoms with van der Waals surface area (Å²) in [5.41, 5.74) is 13.1. The first kappa shape index (κ1) is 41.9. The fourth-order valence-corrected chi connectivity index (χ4v) is 10.3. The molecule has 1 saturated carbocycles. The summed E-state index contributed by atoms with van der Waals surface area (Å²) in [6.07, 6.45) is 4.59. The summed E-state index contributed by atoms with van der Waals surface area (Å²) >= 11 is 0. The van der Waals surface area contributed by atoms with Crippen molar-refractivity contribution in [1.29, 1.82) is 0 Å². The molecular weight excluding hydrogens is 733 g/mol. The van der Waals surface area contributed by atoms with Crippen molar-refractivity contribution >= 4 is 0 Å². The van der Waals surface area contributed by atoms with Gasteiger partial charge in [-0.1, -0.05) is 186 Å². The van der Waals surface area contributed by atoms with Crippen LogP contribution in [0.3, 0.4) is 0 Å². The number of quaternary nitrogens is 2. The number of aryl methyl sites for hydroxylation is 4. The molecule has 0 N–H and O–H groups in total. The van der Waals surface area contributed by atoms with Gasteiger partial charge in [0.15, 0.2) is 5.79 Å². The molecule has 1 saturated heterocycles. The molecule has 4 heteroatoms. The Labute approximate surface area is 360 Å². The lowest BCUT2D eigenvalue weighted by Crippen LogP contribution is -2.64. The number of ether oxygens (including phenoxy) is 2. The summed E-state index contributed by atoms with van der Waals surface area (Å²) in [5, 5.41) is 0. The zero-order valence-corrected chi connectivity index (χ0v) is 36.9. The van der Waals surface area contributed by atoms with E-state index in [9.17, 15) is 0 Å². The fourth-order valence-electron chi connectivity index (χ4n) is 10.3. The van der Waals surface area contributed by atoms with E-state index in [-0.39, 0.29) is 24.3 Å². The van der Waals surface area contributed by atoms with E-state index in [0.29, 0.717) is 8.97 Å². The van der Waals surface area contributed by atoms with E-state index in [1.165, 1.54) is 55.6 Å². The first-order valence-electron chi connectivity index (χ1n) is 22.3. The van der Waals surface area contributed by atoms with Gasteiger partial charge in [-0.25, -0.2) is 0 Å². The van der Waals surface area contributed by atoms with Crippen LogP contribution in [0, 0.1) is 39.5 Å². The minimum Gasteiger partial charge on any atom is -0.289 e. The number of nitrogens with zero attached hydrogens (tertiary/aromatic N) is 2. The Hall–Kier alpha value is -4.84. The lowest BCUT2D eigenvalue weighted by Gasteiger charge is -2.46. The Balaban J connectivity index is 1.32. The number of benzene rings is 6. The molecule has 0 radical (unpaired) electrons. The van der Waals surface area contributed by atoms with Crippen molar-refractivity contribution in [3.8, 4) is 0 Å². The van der Waals surface area contributed by atoms with Crippen molar-refractivity contribution in [3.05, 3.63) is 213 Å². The van der Waals surface area contributed by atoms with Crippen molar-refractivity contribution in [2.75, 3.05) is 14.1 Å². The van der Waals surface area contributed by atoms with E-state index < -0.39 is 5.79 Å². The molecule has 0 aromatic heterocycles. The average molecular weight is 799 g/mol. The Kier molecular flexibility index (Phi) is 12.6. The lowest BCUT2D eigenvalue weighted by atomic mass is 9.71. The first-order chi connectivity index (χ1) is 29.0. The molecule has 1 spiro atoms. The Morgan fingerprint density at radius 3 is 0.967 bits per heavy atom. The third-order valence-electron chi connectivity index (χ3n) is 13.6. The van der Waals surface area contributed by atoms with Crippen molar-refractivity contribution in [2.24, 2.45) is 11.8 Å². The predicted octanol–water partition coefficient (Wildman–Crippen LogP) is 12.2. The van der Waals surface area contributed by atoms with Crippen LogP contribution in [0.4, 0.5) is 0 Å². The molecule has 0 unspecified atom stereocenters. The molecule has 4 nitrogen and oxygen atoms in total. The van der Waals surface area contributed by atoms with Gasteiger partial charge in [0, 0.05) is 34.1 Å². The second kappa shape index (κ2) is 18.0. The van der Waals surface area contributed by atoms with Gasteiger partial charge in [-0.2, -0.15) is 0 Å². The van der Waals surface area contributed by atoms with Crippen LogP contribution >= 0.6 is 0 Å². The molecule has 1 heterocycles. The summed E-state index contributed by atoms with van der Waals surface area (Å²) in [6, 6.07) is 58.9. The molecule has 8 rings (SSSR count). The van der Waals surface area contributed by atoms with Crippen LogP contribution in [0.1, 0.15) is 74.9 Å². The van der Waals surface area contributed by atoms with Gasteiger partial charge >= 0.3 is 0 Å². The highest BCUT2D eigenvalue weighted by Gasteiger charge is 2.67. The van der Waals surface area contributed by atoms with Gasteiger partial charge in [-0.3, -0.25) is 18.4 Å². The Morgan fingerprint density at radius 1 is 0.400 bits per heavy atom. The van der Waals surface area contributed by atoms with E-state index in [2.05, 4.69) is 200 Å². The molecule has 310 valence electrons. The maximum atomic E-state index is 8.22. The van der Waals surface area contributed by atoms with Crippen LogP contribution in [-0.4, -0.2) is 41.3 Å². The maximum Gasteiger partial charge on any atom is 0.277 e. The minimum absolute atomic E-state index is 0.189. The standard InChI is InChI=1S/C56H66N2O2/c1-42-20-28-48(29-21-42)38-57(5,39-49-30-22-43(2)23-31-49)54-55(58(6,40-50-32-24-44(3)25-33-50)41-51-34-26-45(4)27-35-51)60-56(59-54)52(36-46-14-9-7-10-15-46)18-13-19-53(56)37-47-16-11-8-12-17-47/h7-12,14-17,20-35,52-55H,13,18-19,36-41H2,1-6H3/q+2/t52-,53+,54-,55-/m1/s1. The average Bonchev–Trinajstić information content (AvgIpc) is 3.67. The van der Waals surface area contributed by atoms with Crippen LogP contribution < -0.4 is 0 Å². The van der Waals surface area contributed by atoms with Crippen molar-refractivity contribution in [3.63, 3.8) is 0 Å². The van der Waals surface area contributed by atoms with E-state index in [0.717, 1.165) is 58.3 Å². The Morgan fingerprint density at radius 2 is 0.683 bits per heavy atom. The fraction of sp³-hybridized carbons (Fsp3) is 0.357. The topological polar surface area (TPSA) is 18.5 Å². The number of hydrogen-bond acceptors (Lipinski definition) is 2. The molecule has 1 aliphatic heterocycles. The number of rotatable bonds is 14. The SMILES string of the molecule is Cc1ccc(C[N+](C)(Cc2ccc(C)cc2)[C@@H]2OC3(O[C@H]2[N+](C)(Cc2ccc(C)cc2)Cc2ccc(C)cc2)[C@@H](Cc2ccccc2)CCC[C@H]3Cc2ccccc2)cc1. The zero-order valence-electron chi connectivity index (χ0n) is 36.9. The molecule has 6 aromatic rings. The first-order valence-corrected chi connectivity index (χ1v) is 22.3. The van der Waals surface area contributed by atoms with Gasteiger partial charge < -0.3 is 0 Å². The Bertz CT molecular complexity index is 2010. The maximum absolute atomic E-state index is 8.22. The van der Waals surface area contributed by atoms with E-state index >= 15 is 0 Å². The monoisotopic (exact) mass is 799 g/mol. The van der Waals surface area contributed by atoms with Crippen molar-refractivity contribution in [2.45, 2.75) is 104 Å². The van der Waals surface area contributed by atoms with Crippen molar-refractivity contribution in [1.82, 2.24) is 0 Å². The van der Waals surface area contributed by atoms with E-state index in [1.807, 2.05) is 0 Å². The summed E-state index contributed by atoms with van der Waals surface area (Å²) < 4.78 is 17.8. The van der Waals surface area contributed by atoms with Gasteiger partial charge in [-0.05, 0) is 64.5 Å². The van der Waals surface area contributed by atoms with Gasteiger partial charge in [0.05, 0.1) is 14.1 Å². The summed E-state index contributed by atoms with van der Waals surface area (Å²) in [6.45, 7) is 12.0. The molecule has 6 aromatic carbocycles. The van der Waals surface area contributed by atoms with Gasteiger partial charge in [0.1, 0.15) is 26.2 Å². The lowest BCUT2D eigenvalue weighted by molar-refractivity contribution is -1.04. The molecule has 2 aliphatic rings. The second-order valence-corrected chi connectivity index (χ2v) is 19.0. The summed E-state index contributed by atoms with van der Waals surface area (Å²) in [4.78, 5) is 0. The second-order valence-electron chi connectivity index (χ2n) is 19.0. The summed E-state index contributed by atoms with van der Waals surface area (Å²) in [7, 11) is 4.90. The number of likely N-dealkylation sites (N-methyl/N-ethyl adjacent to an activating group) is 2. The number of hydrogen-bond donors (Lipinski definition) is 0. The smallest absolute Gasteiger partial charge is 0.277 e. The van der Waals surface area contributed by atoms with Gasteiger partial charge in [0.25, 0.3) is 12.5 Å². The highest BCUT2D eigenvalue weighted by molar-refractivity contribution is 5.25. The van der Waals surface area contributed by atoms with Crippen LogP contribution in [0.5, 0.6) is 0 Å². The molecule has 4 atom stereocenters. The van der Waals surface area contributed by atoms with Crippen LogP contribution in [-0.2, 0) is 48.5 Å².